The van der Waals surface area contributed by atoms with Crippen LogP contribution in [0.15, 0.2) is 30.9 Å². The van der Waals surface area contributed by atoms with E-state index in [2.05, 4.69) is 15.0 Å². The van der Waals surface area contributed by atoms with Crippen molar-refractivity contribution in [1.29, 1.82) is 0 Å². The van der Waals surface area contributed by atoms with Gasteiger partial charge in [-0.2, -0.15) is 0 Å². The predicted molar refractivity (Wildman–Crippen MR) is 116 cm³/mol. The normalized spacial score (nSPS) is 24.4. The van der Waals surface area contributed by atoms with E-state index in [9.17, 15) is 14.7 Å². The lowest BCUT2D eigenvalue weighted by atomic mass is 9.86. The third-order valence-electron chi connectivity index (χ3n) is 6.11. The van der Waals surface area contributed by atoms with Crippen LogP contribution >= 0.6 is 0 Å². The third kappa shape index (κ3) is 3.65. The molecule has 4 atom stereocenters. The summed E-state index contributed by atoms with van der Waals surface area (Å²) >= 11 is 0. The van der Waals surface area contributed by atoms with Crippen molar-refractivity contribution >= 4 is 28.5 Å². The molecule has 1 fully saturated rings. The number of nitrogens with two attached hydrogens (primary N) is 1. The van der Waals surface area contributed by atoms with Crippen LogP contribution in [0.3, 0.4) is 0 Å². The molecule has 0 amide bonds. The van der Waals surface area contributed by atoms with Crippen LogP contribution in [0.2, 0.25) is 0 Å². The molecular formula is C22H23N5O7. The van der Waals surface area contributed by atoms with Crippen molar-refractivity contribution in [3.63, 3.8) is 0 Å². The van der Waals surface area contributed by atoms with Gasteiger partial charge in [0.05, 0.1) is 12.9 Å². The van der Waals surface area contributed by atoms with E-state index < -0.39 is 35.6 Å². The monoisotopic (exact) mass is 469 g/mol. The average molecular weight is 469 g/mol. The standard InChI is InChI=1S/C22H23N5O7/c1-11(28)18(31-7-13-3-4-14-15(5-13)33-10-32-14)19-22(30,12(2)29)6-16(34-19)27-9-26-17-20(23)24-8-25-21(17)27/h3-5,8-9,16,18-19,30H,6-7,10H2,1-2H3,(H2,23,24,25)/t16-,18?,19-,22-/m1/s1. The van der Waals surface area contributed by atoms with Gasteiger partial charge in [-0.05, 0) is 31.5 Å². The fraction of sp³-hybridized carbons (Fsp3) is 0.409. The van der Waals surface area contributed by atoms with Crippen LogP contribution in [0, 0.1) is 0 Å². The van der Waals surface area contributed by atoms with Gasteiger partial charge in [-0.3, -0.25) is 14.2 Å². The van der Waals surface area contributed by atoms with Gasteiger partial charge in [0, 0.05) is 6.42 Å². The van der Waals surface area contributed by atoms with Crippen LogP contribution < -0.4 is 15.2 Å². The lowest BCUT2D eigenvalue weighted by Crippen LogP contribution is -2.53. The molecule has 0 saturated carbocycles. The first-order valence-corrected chi connectivity index (χ1v) is 10.6. The summed E-state index contributed by atoms with van der Waals surface area (Å²) in [5.74, 6) is 0.446. The number of imidazole rings is 1. The third-order valence-corrected chi connectivity index (χ3v) is 6.11. The van der Waals surface area contributed by atoms with Crippen molar-refractivity contribution in [2.45, 2.75) is 50.9 Å². The number of nitrogen functional groups attached to an aromatic ring is 1. The van der Waals surface area contributed by atoms with Crippen molar-refractivity contribution in [3.8, 4) is 11.5 Å². The summed E-state index contributed by atoms with van der Waals surface area (Å²) in [7, 11) is 0. The number of rotatable bonds is 7. The van der Waals surface area contributed by atoms with Gasteiger partial charge in [-0.15, -0.1) is 0 Å². The number of ketones is 2. The highest BCUT2D eigenvalue weighted by Crippen LogP contribution is 2.41. The Morgan fingerprint density at radius 1 is 1.26 bits per heavy atom. The Morgan fingerprint density at radius 2 is 2.06 bits per heavy atom. The molecule has 2 aliphatic heterocycles. The molecule has 0 aliphatic carbocycles. The second-order valence-electron chi connectivity index (χ2n) is 8.31. The summed E-state index contributed by atoms with van der Waals surface area (Å²) in [5, 5.41) is 11.3. The highest BCUT2D eigenvalue weighted by atomic mass is 16.7. The number of benzene rings is 1. The number of Topliss-reactive ketones (excluding diaryl/α,β-unsaturated/α-hetero) is 2. The minimum atomic E-state index is -1.97. The van der Waals surface area contributed by atoms with E-state index in [1.54, 1.807) is 22.8 Å². The van der Waals surface area contributed by atoms with Crippen LogP contribution in [0.4, 0.5) is 5.82 Å². The molecule has 4 heterocycles. The first-order chi connectivity index (χ1) is 16.3. The van der Waals surface area contributed by atoms with E-state index in [0.717, 1.165) is 5.56 Å². The summed E-state index contributed by atoms with van der Waals surface area (Å²) in [4.78, 5) is 37.4. The summed E-state index contributed by atoms with van der Waals surface area (Å²) in [6.45, 7) is 2.73. The molecular weight excluding hydrogens is 446 g/mol. The molecule has 3 N–H and O–H groups in total. The van der Waals surface area contributed by atoms with Gasteiger partial charge < -0.3 is 29.8 Å². The van der Waals surface area contributed by atoms with Gasteiger partial charge in [0.2, 0.25) is 6.79 Å². The number of ether oxygens (including phenoxy) is 4. The van der Waals surface area contributed by atoms with Crippen molar-refractivity contribution in [1.82, 2.24) is 19.5 Å². The second-order valence-corrected chi connectivity index (χ2v) is 8.31. The molecule has 1 unspecified atom stereocenters. The average Bonchev–Trinajstić information content (AvgIpc) is 3.51. The molecule has 2 aromatic heterocycles. The Hall–Kier alpha value is -3.61. The Bertz CT molecular complexity index is 1280. The van der Waals surface area contributed by atoms with Gasteiger partial charge >= 0.3 is 0 Å². The molecule has 34 heavy (non-hydrogen) atoms. The van der Waals surface area contributed by atoms with Gasteiger partial charge in [-0.25, -0.2) is 15.0 Å². The summed E-state index contributed by atoms with van der Waals surface area (Å²) < 4.78 is 24.2. The molecule has 1 aromatic carbocycles. The van der Waals surface area contributed by atoms with E-state index >= 15 is 0 Å². The highest BCUT2D eigenvalue weighted by molar-refractivity contribution is 5.89. The van der Waals surface area contributed by atoms with E-state index in [4.69, 9.17) is 24.7 Å². The number of fused-ring (bicyclic) bond motifs is 2. The highest BCUT2D eigenvalue weighted by Gasteiger charge is 2.56. The van der Waals surface area contributed by atoms with E-state index in [0.29, 0.717) is 22.7 Å². The van der Waals surface area contributed by atoms with E-state index in [1.165, 1.54) is 26.5 Å². The maximum Gasteiger partial charge on any atom is 0.231 e. The smallest absolute Gasteiger partial charge is 0.231 e. The van der Waals surface area contributed by atoms with Crippen LogP contribution in [0.5, 0.6) is 11.5 Å². The Labute approximate surface area is 193 Å². The quantitative estimate of drug-likeness (QED) is 0.506. The van der Waals surface area contributed by atoms with Crippen LogP contribution in [-0.2, 0) is 25.7 Å². The molecule has 0 spiro atoms. The summed E-state index contributed by atoms with van der Waals surface area (Å²) in [6, 6.07) is 5.27. The first-order valence-electron chi connectivity index (χ1n) is 10.6. The van der Waals surface area contributed by atoms with Crippen LogP contribution in [-0.4, -0.2) is 60.8 Å². The SMILES string of the molecule is CC(=O)C(OCc1ccc2c(c1)OCO2)[C@H]1O[C@@H](n2cnc3c(N)ncnc32)C[C@@]1(O)C(C)=O. The van der Waals surface area contributed by atoms with Crippen molar-refractivity contribution in [2.24, 2.45) is 0 Å². The maximum absolute atomic E-state index is 12.6. The number of anilines is 1. The topological polar surface area (TPSA) is 161 Å². The molecule has 12 heteroatoms. The van der Waals surface area contributed by atoms with Gasteiger partial charge in [0.1, 0.15) is 30.3 Å². The maximum atomic E-state index is 12.6. The Morgan fingerprint density at radius 3 is 2.82 bits per heavy atom. The lowest BCUT2D eigenvalue weighted by molar-refractivity contribution is -0.166. The van der Waals surface area contributed by atoms with Crippen molar-refractivity contribution in [3.05, 3.63) is 36.4 Å². The number of hydrogen-bond acceptors (Lipinski definition) is 11. The first kappa shape index (κ1) is 22.2. The number of carbonyl (C=O) groups is 2. The number of aliphatic hydroxyl groups is 1. The lowest BCUT2D eigenvalue weighted by Gasteiger charge is -2.30. The predicted octanol–water partition coefficient (Wildman–Crippen LogP) is 0.919. The summed E-state index contributed by atoms with van der Waals surface area (Å²) in [6.07, 6.45) is -0.697. The van der Waals surface area contributed by atoms with E-state index in [-0.39, 0.29) is 25.6 Å². The number of hydrogen-bond donors (Lipinski definition) is 2. The van der Waals surface area contributed by atoms with Gasteiger partial charge in [0.25, 0.3) is 0 Å². The molecule has 1 saturated heterocycles. The van der Waals surface area contributed by atoms with Crippen molar-refractivity contribution < 1.29 is 33.6 Å². The van der Waals surface area contributed by atoms with Crippen LogP contribution in [0.1, 0.15) is 32.1 Å². The molecule has 0 radical (unpaired) electrons. The largest absolute Gasteiger partial charge is 0.454 e. The fourth-order valence-electron chi connectivity index (χ4n) is 4.26. The number of aromatic nitrogens is 4. The second kappa shape index (κ2) is 8.31. The minimum Gasteiger partial charge on any atom is -0.454 e. The number of carbonyl (C=O) groups excluding carboxylic acids is 2. The Kier molecular flexibility index (Phi) is 5.42. The zero-order valence-corrected chi connectivity index (χ0v) is 18.5. The summed E-state index contributed by atoms with van der Waals surface area (Å²) in [5.41, 5.74) is 5.36. The van der Waals surface area contributed by atoms with E-state index in [1.807, 2.05) is 0 Å². The number of nitrogens with zero attached hydrogens (tertiary/aromatic N) is 4. The zero-order chi connectivity index (χ0) is 24.0. The molecule has 5 rings (SSSR count). The molecule has 0 bridgehead atoms. The van der Waals surface area contributed by atoms with Gasteiger partial charge in [-0.1, -0.05) is 6.07 Å². The zero-order valence-electron chi connectivity index (χ0n) is 18.5. The molecule has 12 nitrogen and oxygen atoms in total. The Balaban J connectivity index is 1.42. The van der Waals surface area contributed by atoms with Crippen molar-refractivity contribution in [2.75, 3.05) is 12.5 Å². The minimum absolute atomic E-state index is 0.0250. The molecule has 178 valence electrons. The van der Waals surface area contributed by atoms with Gasteiger partial charge in [0.15, 0.2) is 40.1 Å². The van der Waals surface area contributed by atoms with Crippen LogP contribution in [0.25, 0.3) is 11.2 Å². The fourth-order valence-corrected chi connectivity index (χ4v) is 4.26. The molecule has 3 aromatic rings. The molecule has 2 aliphatic rings.